The van der Waals surface area contributed by atoms with Gasteiger partial charge in [-0.05, 0) is 39.0 Å². The molecule has 0 amide bonds. The van der Waals surface area contributed by atoms with Gasteiger partial charge in [0.1, 0.15) is 0 Å². The monoisotopic (exact) mass is 235 g/mol. The number of hydrogen-bond acceptors (Lipinski definition) is 2. The van der Waals surface area contributed by atoms with Gasteiger partial charge in [0.15, 0.2) is 0 Å². The van der Waals surface area contributed by atoms with Crippen LogP contribution in [0.25, 0.3) is 0 Å². The molecule has 3 nitrogen and oxygen atoms in total. The fraction of sp³-hybridized carbons (Fsp3) is 0.786. The first-order valence-corrected chi connectivity index (χ1v) is 7.04. The van der Waals surface area contributed by atoms with E-state index in [1.165, 1.54) is 37.8 Å². The molecule has 1 saturated heterocycles. The van der Waals surface area contributed by atoms with Crippen molar-refractivity contribution in [3.63, 3.8) is 0 Å². The molecule has 2 rings (SSSR count). The van der Waals surface area contributed by atoms with E-state index in [1.54, 1.807) is 0 Å². The van der Waals surface area contributed by atoms with Crippen molar-refractivity contribution in [3.05, 3.63) is 18.2 Å². The molecule has 0 aliphatic carbocycles. The lowest BCUT2D eigenvalue weighted by atomic mass is 9.97. The van der Waals surface area contributed by atoms with Crippen LogP contribution in [0.2, 0.25) is 0 Å². The maximum Gasteiger partial charge on any atom is 0.0951 e. The third kappa shape index (κ3) is 2.71. The highest BCUT2D eigenvalue weighted by molar-refractivity contribution is 5.08. The summed E-state index contributed by atoms with van der Waals surface area (Å²) in [4.78, 5) is 4.36. The second-order valence-corrected chi connectivity index (χ2v) is 5.25. The van der Waals surface area contributed by atoms with Crippen molar-refractivity contribution >= 4 is 0 Å². The molecule has 1 fully saturated rings. The van der Waals surface area contributed by atoms with E-state index < -0.39 is 0 Å². The number of aromatic nitrogens is 2. The molecule has 0 bridgehead atoms. The zero-order chi connectivity index (χ0) is 12.3. The molecule has 2 heterocycles. The van der Waals surface area contributed by atoms with Gasteiger partial charge in [-0.25, -0.2) is 4.98 Å². The van der Waals surface area contributed by atoms with Gasteiger partial charge in [0.05, 0.1) is 12.0 Å². The van der Waals surface area contributed by atoms with Crippen molar-refractivity contribution < 1.29 is 0 Å². The smallest absolute Gasteiger partial charge is 0.0951 e. The predicted molar refractivity (Wildman–Crippen MR) is 71.0 cm³/mol. The molecule has 96 valence electrons. The fourth-order valence-corrected chi connectivity index (χ4v) is 2.94. The van der Waals surface area contributed by atoms with E-state index >= 15 is 0 Å². The SMILES string of the molecule is CCC(CC)n1cncc1C1CCCC(C)N1. The van der Waals surface area contributed by atoms with Crippen LogP contribution in [0.15, 0.2) is 12.5 Å². The molecular formula is C14H25N3. The van der Waals surface area contributed by atoms with Gasteiger partial charge in [-0.3, -0.25) is 0 Å². The summed E-state index contributed by atoms with van der Waals surface area (Å²) >= 11 is 0. The van der Waals surface area contributed by atoms with Crippen molar-refractivity contribution in [3.8, 4) is 0 Å². The van der Waals surface area contributed by atoms with Gasteiger partial charge in [0.2, 0.25) is 0 Å². The molecule has 0 spiro atoms. The van der Waals surface area contributed by atoms with Crippen LogP contribution < -0.4 is 5.32 Å². The molecule has 0 aromatic carbocycles. The van der Waals surface area contributed by atoms with Crippen molar-refractivity contribution in [2.45, 2.75) is 71.0 Å². The van der Waals surface area contributed by atoms with E-state index in [0.717, 1.165) is 0 Å². The lowest BCUT2D eigenvalue weighted by Gasteiger charge is -2.30. The number of nitrogens with zero attached hydrogens (tertiary/aromatic N) is 2. The molecule has 1 aromatic heterocycles. The second-order valence-electron chi connectivity index (χ2n) is 5.25. The predicted octanol–water partition coefficient (Wildman–Crippen LogP) is 3.45. The lowest BCUT2D eigenvalue weighted by molar-refractivity contribution is 0.319. The van der Waals surface area contributed by atoms with E-state index in [9.17, 15) is 0 Å². The normalized spacial score (nSPS) is 25.4. The van der Waals surface area contributed by atoms with Gasteiger partial charge >= 0.3 is 0 Å². The van der Waals surface area contributed by atoms with Crippen LogP contribution in [0.4, 0.5) is 0 Å². The van der Waals surface area contributed by atoms with Crippen LogP contribution in [0.1, 0.15) is 70.7 Å². The van der Waals surface area contributed by atoms with Crippen molar-refractivity contribution in [1.29, 1.82) is 0 Å². The molecular weight excluding hydrogens is 210 g/mol. The molecule has 1 aliphatic heterocycles. The molecule has 3 heteroatoms. The summed E-state index contributed by atoms with van der Waals surface area (Å²) < 4.78 is 2.38. The largest absolute Gasteiger partial charge is 0.330 e. The first-order chi connectivity index (χ1) is 8.26. The van der Waals surface area contributed by atoms with Crippen molar-refractivity contribution in [2.75, 3.05) is 0 Å². The molecule has 1 N–H and O–H groups in total. The van der Waals surface area contributed by atoms with Gasteiger partial charge < -0.3 is 9.88 Å². The molecule has 2 unspecified atom stereocenters. The maximum atomic E-state index is 4.36. The summed E-state index contributed by atoms with van der Waals surface area (Å²) in [6.07, 6.45) is 10.3. The topological polar surface area (TPSA) is 29.9 Å². The van der Waals surface area contributed by atoms with Crippen LogP contribution >= 0.6 is 0 Å². The number of imidazole rings is 1. The molecule has 1 aromatic rings. The third-order valence-corrected chi connectivity index (χ3v) is 4.00. The van der Waals surface area contributed by atoms with Gasteiger partial charge in [-0.2, -0.15) is 0 Å². The van der Waals surface area contributed by atoms with Crippen LogP contribution in [0, 0.1) is 0 Å². The molecule has 2 atom stereocenters. The van der Waals surface area contributed by atoms with Crippen LogP contribution in [0.5, 0.6) is 0 Å². The summed E-state index contributed by atoms with van der Waals surface area (Å²) in [7, 11) is 0. The quantitative estimate of drug-likeness (QED) is 0.866. The van der Waals surface area contributed by atoms with E-state index in [0.29, 0.717) is 18.1 Å². The zero-order valence-electron chi connectivity index (χ0n) is 11.3. The van der Waals surface area contributed by atoms with Gasteiger partial charge in [-0.15, -0.1) is 0 Å². The highest BCUT2D eigenvalue weighted by atomic mass is 15.1. The summed E-state index contributed by atoms with van der Waals surface area (Å²) in [5, 5.41) is 3.70. The Morgan fingerprint density at radius 3 is 2.82 bits per heavy atom. The minimum Gasteiger partial charge on any atom is -0.330 e. The number of hydrogen-bond donors (Lipinski definition) is 1. The lowest BCUT2D eigenvalue weighted by Crippen LogP contribution is -2.35. The first-order valence-electron chi connectivity index (χ1n) is 7.04. The Morgan fingerprint density at radius 1 is 1.41 bits per heavy atom. The average Bonchev–Trinajstić information content (AvgIpc) is 2.80. The summed E-state index contributed by atoms with van der Waals surface area (Å²) in [6, 6.07) is 1.74. The van der Waals surface area contributed by atoms with E-state index in [1.807, 2.05) is 12.5 Å². The van der Waals surface area contributed by atoms with Gasteiger partial charge in [0, 0.05) is 24.3 Å². The van der Waals surface area contributed by atoms with Gasteiger partial charge in [-0.1, -0.05) is 13.8 Å². The Balaban J connectivity index is 2.17. The molecule has 0 radical (unpaired) electrons. The first kappa shape index (κ1) is 12.6. The van der Waals surface area contributed by atoms with E-state index in [-0.39, 0.29) is 0 Å². The number of piperidine rings is 1. The fourth-order valence-electron chi connectivity index (χ4n) is 2.94. The summed E-state index contributed by atoms with van der Waals surface area (Å²) in [5.41, 5.74) is 1.38. The third-order valence-electron chi connectivity index (χ3n) is 4.00. The second kappa shape index (κ2) is 5.67. The van der Waals surface area contributed by atoms with Crippen molar-refractivity contribution in [1.82, 2.24) is 14.9 Å². The highest BCUT2D eigenvalue weighted by Gasteiger charge is 2.23. The van der Waals surface area contributed by atoms with Gasteiger partial charge in [0.25, 0.3) is 0 Å². The number of nitrogens with one attached hydrogen (secondary N) is 1. The minimum absolute atomic E-state index is 0.502. The van der Waals surface area contributed by atoms with E-state index in [2.05, 4.69) is 35.6 Å². The van der Waals surface area contributed by atoms with Crippen LogP contribution in [0.3, 0.4) is 0 Å². The zero-order valence-corrected chi connectivity index (χ0v) is 11.3. The highest BCUT2D eigenvalue weighted by Crippen LogP contribution is 2.28. The standard InChI is InChI=1S/C14H25N3/c1-4-12(5-2)17-10-15-9-14(17)13-8-6-7-11(3)16-13/h9-13,16H,4-8H2,1-3H3. The van der Waals surface area contributed by atoms with Crippen LogP contribution in [-0.2, 0) is 0 Å². The average molecular weight is 235 g/mol. The Kier molecular flexibility index (Phi) is 4.21. The Bertz CT molecular complexity index is 341. The van der Waals surface area contributed by atoms with Crippen molar-refractivity contribution in [2.24, 2.45) is 0 Å². The van der Waals surface area contributed by atoms with Crippen LogP contribution in [-0.4, -0.2) is 15.6 Å². The number of rotatable bonds is 4. The Morgan fingerprint density at radius 2 is 2.18 bits per heavy atom. The maximum absolute atomic E-state index is 4.36. The Hall–Kier alpha value is -0.830. The Labute approximate surface area is 105 Å². The molecule has 1 aliphatic rings. The summed E-state index contributed by atoms with van der Waals surface area (Å²) in [5.74, 6) is 0. The molecule has 17 heavy (non-hydrogen) atoms. The van der Waals surface area contributed by atoms with E-state index in [4.69, 9.17) is 0 Å². The summed E-state index contributed by atoms with van der Waals surface area (Å²) in [6.45, 7) is 6.80. The molecule has 0 saturated carbocycles. The minimum atomic E-state index is 0.502.